The van der Waals surface area contributed by atoms with E-state index in [1.807, 2.05) is 24.3 Å². The smallest absolute Gasteiger partial charge is 0.259 e. The predicted molar refractivity (Wildman–Crippen MR) is 58.5 cm³/mol. The molecule has 0 atom stereocenters. The third-order valence-electron chi connectivity index (χ3n) is 2.00. The fourth-order valence-electron chi connectivity index (χ4n) is 1.04. The van der Waals surface area contributed by atoms with E-state index in [2.05, 4.69) is 0 Å². The van der Waals surface area contributed by atoms with E-state index >= 15 is 0 Å². The minimum atomic E-state index is -0.0619. The maximum Gasteiger partial charge on any atom is 0.259 e. The molecule has 0 aliphatic carbocycles. The summed E-state index contributed by atoms with van der Waals surface area (Å²) >= 11 is 0. The standard InChI is InChI=1S/C11H16N2O2/c1-13(2)11(14)8-15-10-5-3-4-9(6-10)7-12/h3-6H,7-8,12H2,1-2H3. The highest BCUT2D eigenvalue weighted by atomic mass is 16.5. The monoisotopic (exact) mass is 208 g/mol. The Kier molecular flexibility index (Phi) is 4.12. The summed E-state index contributed by atoms with van der Waals surface area (Å²) in [6.07, 6.45) is 0. The fraction of sp³-hybridized carbons (Fsp3) is 0.364. The van der Waals surface area contributed by atoms with Gasteiger partial charge in [-0.25, -0.2) is 0 Å². The van der Waals surface area contributed by atoms with Gasteiger partial charge >= 0.3 is 0 Å². The summed E-state index contributed by atoms with van der Waals surface area (Å²) in [5.41, 5.74) is 6.48. The fourth-order valence-corrected chi connectivity index (χ4v) is 1.04. The number of likely N-dealkylation sites (N-methyl/N-ethyl adjacent to an activating group) is 1. The first-order valence-electron chi connectivity index (χ1n) is 4.75. The highest BCUT2D eigenvalue weighted by Gasteiger charge is 2.04. The molecule has 1 aromatic carbocycles. The number of carbonyl (C=O) groups is 1. The SMILES string of the molecule is CN(C)C(=O)COc1cccc(CN)c1. The number of nitrogens with two attached hydrogens (primary N) is 1. The minimum Gasteiger partial charge on any atom is -0.484 e. The van der Waals surface area contributed by atoms with Crippen LogP contribution in [0.3, 0.4) is 0 Å². The molecule has 0 saturated heterocycles. The summed E-state index contributed by atoms with van der Waals surface area (Å²) in [6, 6.07) is 7.42. The predicted octanol–water partition coefficient (Wildman–Crippen LogP) is 0.612. The van der Waals surface area contributed by atoms with Crippen molar-refractivity contribution >= 4 is 5.91 Å². The van der Waals surface area contributed by atoms with Crippen LogP contribution in [0.25, 0.3) is 0 Å². The zero-order valence-electron chi connectivity index (χ0n) is 9.06. The maximum absolute atomic E-state index is 11.2. The first-order valence-corrected chi connectivity index (χ1v) is 4.75. The summed E-state index contributed by atoms with van der Waals surface area (Å²) in [4.78, 5) is 12.7. The number of hydrogen-bond donors (Lipinski definition) is 1. The number of amides is 1. The molecular formula is C11H16N2O2. The van der Waals surface area contributed by atoms with Gasteiger partial charge in [-0.05, 0) is 17.7 Å². The van der Waals surface area contributed by atoms with Crippen molar-refractivity contribution < 1.29 is 9.53 Å². The average molecular weight is 208 g/mol. The molecule has 15 heavy (non-hydrogen) atoms. The van der Waals surface area contributed by atoms with Gasteiger partial charge in [-0.1, -0.05) is 12.1 Å². The second-order valence-corrected chi connectivity index (χ2v) is 3.43. The maximum atomic E-state index is 11.2. The zero-order valence-corrected chi connectivity index (χ0v) is 9.06. The molecular weight excluding hydrogens is 192 g/mol. The quantitative estimate of drug-likeness (QED) is 0.788. The van der Waals surface area contributed by atoms with Crippen molar-refractivity contribution in [2.24, 2.45) is 5.73 Å². The Morgan fingerprint density at radius 1 is 1.47 bits per heavy atom. The molecule has 2 N–H and O–H groups in total. The van der Waals surface area contributed by atoms with Gasteiger partial charge in [-0.3, -0.25) is 4.79 Å². The second kappa shape index (κ2) is 5.36. The lowest BCUT2D eigenvalue weighted by atomic mass is 10.2. The van der Waals surface area contributed by atoms with Gasteiger partial charge in [-0.2, -0.15) is 0 Å². The molecule has 0 aliphatic rings. The van der Waals surface area contributed by atoms with Crippen molar-refractivity contribution in [3.8, 4) is 5.75 Å². The summed E-state index contributed by atoms with van der Waals surface area (Å²) in [7, 11) is 3.39. The van der Waals surface area contributed by atoms with Crippen LogP contribution in [-0.2, 0) is 11.3 Å². The molecule has 1 aromatic rings. The Labute approximate surface area is 89.6 Å². The van der Waals surface area contributed by atoms with Crippen LogP contribution >= 0.6 is 0 Å². The molecule has 1 amide bonds. The molecule has 4 nitrogen and oxygen atoms in total. The molecule has 0 bridgehead atoms. The number of hydrogen-bond acceptors (Lipinski definition) is 3. The van der Waals surface area contributed by atoms with E-state index in [1.165, 1.54) is 4.90 Å². The Balaban J connectivity index is 2.54. The molecule has 1 rings (SSSR count). The number of carbonyl (C=O) groups excluding carboxylic acids is 1. The van der Waals surface area contributed by atoms with Gasteiger partial charge in [0.1, 0.15) is 5.75 Å². The summed E-state index contributed by atoms with van der Waals surface area (Å²) < 4.78 is 5.32. The highest BCUT2D eigenvalue weighted by molar-refractivity contribution is 5.77. The van der Waals surface area contributed by atoms with E-state index in [4.69, 9.17) is 10.5 Å². The van der Waals surface area contributed by atoms with E-state index < -0.39 is 0 Å². The zero-order chi connectivity index (χ0) is 11.3. The molecule has 0 saturated carbocycles. The summed E-state index contributed by atoms with van der Waals surface area (Å²) in [5, 5.41) is 0. The van der Waals surface area contributed by atoms with E-state index in [9.17, 15) is 4.79 Å². The van der Waals surface area contributed by atoms with Crippen molar-refractivity contribution in [3.63, 3.8) is 0 Å². The van der Waals surface area contributed by atoms with Crippen LogP contribution in [0.2, 0.25) is 0 Å². The van der Waals surface area contributed by atoms with Gasteiger partial charge in [0, 0.05) is 20.6 Å². The molecule has 0 heterocycles. The largest absolute Gasteiger partial charge is 0.484 e. The molecule has 0 fully saturated rings. The van der Waals surface area contributed by atoms with Gasteiger partial charge < -0.3 is 15.4 Å². The molecule has 0 unspecified atom stereocenters. The van der Waals surface area contributed by atoms with E-state index in [0.717, 1.165) is 5.56 Å². The lowest BCUT2D eigenvalue weighted by Crippen LogP contribution is -2.27. The van der Waals surface area contributed by atoms with Gasteiger partial charge in [-0.15, -0.1) is 0 Å². The van der Waals surface area contributed by atoms with Crippen LogP contribution in [0, 0.1) is 0 Å². The molecule has 0 aromatic heterocycles. The van der Waals surface area contributed by atoms with Crippen molar-refractivity contribution in [1.82, 2.24) is 4.90 Å². The van der Waals surface area contributed by atoms with Crippen LogP contribution in [0.5, 0.6) is 5.75 Å². The van der Waals surface area contributed by atoms with Crippen LogP contribution < -0.4 is 10.5 Å². The third kappa shape index (κ3) is 3.59. The van der Waals surface area contributed by atoms with Crippen molar-refractivity contribution in [3.05, 3.63) is 29.8 Å². The average Bonchev–Trinajstić information content (AvgIpc) is 2.26. The van der Waals surface area contributed by atoms with Gasteiger partial charge in [0.15, 0.2) is 6.61 Å². The molecule has 0 aliphatic heterocycles. The normalized spacial score (nSPS) is 9.80. The van der Waals surface area contributed by atoms with Crippen molar-refractivity contribution in [1.29, 1.82) is 0 Å². The first kappa shape index (κ1) is 11.5. The van der Waals surface area contributed by atoms with Crippen LogP contribution in [0.1, 0.15) is 5.56 Å². The van der Waals surface area contributed by atoms with E-state index in [1.54, 1.807) is 14.1 Å². The molecule has 4 heteroatoms. The number of ether oxygens (including phenoxy) is 1. The van der Waals surface area contributed by atoms with Gasteiger partial charge in [0.2, 0.25) is 0 Å². The van der Waals surface area contributed by atoms with E-state index in [0.29, 0.717) is 12.3 Å². The number of nitrogens with zero attached hydrogens (tertiary/aromatic N) is 1. The van der Waals surface area contributed by atoms with Crippen molar-refractivity contribution in [2.45, 2.75) is 6.54 Å². The molecule has 82 valence electrons. The topological polar surface area (TPSA) is 55.6 Å². The van der Waals surface area contributed by atoms with E-state index in [-0.39, 0.29) is 12.5 Å². The lowest BCUT2D eigenvalue weighted by molar-refractivity contribution is -0.130. The summed E-state index contributed by atoms with van der Waals surface area (Å²) in [5.74, 6) is 0.612. The summed E-state index contributed by atoms with van der Waals surface area (Å²) in [6.45, 7) is 0.528. The van der Waals surface area contributed by atoms with Crippen LogP contribution in [0.15, 0.2) is 24.3 Å². The van der Waals surface area contributed by atoms with Crippen LogP contribution in [0.4, 0.5) is 0 Å². The van der Waals surface area contributed by atoms with Gasteiger partial charge in [0.25, 0.3) is 5.91 Å². The Bertz CT molecular complexity index is 337. The minimum absolute atomic E-state index is 0.0566. The third-order valence-corrected chi connectivity index (χ3v) is 2.00. The van der Waals surface area contributed by atoms with Gasteiger partial charge in [0.05, 0.1) is 0 Å². The number of rotatable bonds is 4. The molecule has 0 radical (unpaired) electrons. The Hall–Kier alpha value is -1.55. The van der Waals surface area contributed by atoms with Crippen LogP contribution in [-0.4, -0.2) is 31.5 Å². The second-order valence-electron chi connectivity index (χ2n) is 3.43. The first-order chi connectivity index (χ1) is 7.13. The Morgan fingerprint density at radius 3 is 2.80 bits per heavy atom. The lowest BCUT2D eigenvalue weighted by Gasteiger charge is -2.11. The Morgan fingerprint density at radius 2 is 2.20 bits per heavy atom. The van der Waals surface area contributed by atoms with Crippen molar-refractivity contribution in [2.75, 3.05) is 20.7 Å². The molecule has 0 spiro atoms. The highest BCUT2D eigenvalue weighted by Crippen LogP contribution is 2.12. The number of benzene rings is 1.